The van der Waals surface area contributed by atoms with E-state index in [4.69, 9.17) is 5.11 Å². The van der Waals surface area contributed by atoms with Crippen LogP contribution in [0.2, 0.25) is 0 Å². The first kappa shape index (κ1) is 14.4. The fourth-order valence-electron chi connectivity index (χ4n) is 2.55. The Morgan fingerprint density at radius 3 is 2.80 bits per heavy atom. The van der Waals surface area contributed by atoms with E-state index >= 15 is 0 Å². The van der Waals surface area contributed by atoms with Crippen molar-refractivity contribution in [1.82, 2.24) is 20.2 Å². The molecule has 7 heteroatoms. The van der Waals surface area contributed by atoms with Crippen molar-refractivity contribution in [2.24, 2.45) is 0 Å². The number of hydrogen-bond acceptors (Lipinski definition) is 3. The summed E-state index contributed by atoms with van der Waals surface area (Å²) in [7, 11) is 0. The number of carbonyl (C=O) groups is 2. The van der Waals surface area contributed by atoms with Crippen molar-refractivity contribution >= 4 is 12.0 Å². The second kappa shape index (κ2) is 6.93. The molecule has 110 valence electrons. The van der Waals surface area contributed by atoms with Gasteiger partial charge in [-0.25, -0.2) is 9.78 Å². The minimum Gasteiger partial charge on any atom is -0.480 e. The molecule has 2 rings (SSSR count). The molecule has 1 aliphatic rings. The van der Waals surface area contributed by atoms with Crippen molar-refractivity contribution in [3.8, 4) is 0 Å². The summed E-state index contributed by atoms with van der Waals surface area (Å²) in [6.45, 7) is 0.201. The number of aliphatic carboxylic acids is 1. The zero-order chi connectivity index (χ0) is 14.4. The van der Waals surface area contributed by atoms with Crippen molar-refractivity contribution in [2.75, 3.05) is 13.1 Å². The predicted molar refractivity (Wildman–Crippen MR) is 72.3 cm³/mol. The zero-order valence-corrected chi connectivity index (χ0v) is 11.3. The van der Waals surface area contributed by atoms with Gasteiger partial charge in [0.2, 0.25) is 0 Å². The first-order chi connectivity index (χ1) is 9.66. The number of H-pyrrole nitrogens is 1. The maximum atomic E-state index is 12.1. The maximum absolute atomic E-state index is 12.1. The van der Waals surface area contributed by atoms with Gasteiger partial charge in [0.25, 0.3) is 0 Å². The van der Waals surface area contributed by atoms with Crippen molar-refractivity contribution in [2.45, 2.75) is 38.1 Å². The minimum absolute atomic E-state index is 0.0507. The van der Waals surface area contributed by atoms with Crippen molar-refractivity contribution < 1.29 is 14.7 Å². The fraction of sp³-hybridized carbons (Fsp3) is 0.615. The van der Waals surface area contributed by atoms with E-state index in [2.05, 4.69) is 15.3 Å². The van der Waals surface area contributed by atoms with Gasteiger partial charge in [-0.05, 0) is 12.8 Å². The first-order valence-electron chi connectivity index (χ1n) is 6.91. The third kappa shape index (κ3) is 3.97. The number of aromatic nitrogens is 2. The molecule has 0 unspecified atom stereocenters. The van der Waals surface area contributed by atoms with Crippen molar-refractivity contribution in [3.63, 3.8) is 0 Å². The van der Waals surface area contributed by atoms with E-state index in [-0.39, 0.29) is 18.6 Å². The van der Waals surface area contributed by atoms with Gasteiger partial charge < -0.3 is 20.3 Å². The van der Waals surface area contributed by atoms with Crippen molar-refractivity contribution in [3.05, 3.63) is 18.2 Å². The number of aromatic amines is 1. The number of carbonyl (C=O) groups excluding carboxylic acids is 1. The number of nitrogens with zero attached hydrogens (tertiary/aromatic N) is 2. The predicted octanol–water partition coefficient (Wildman–Crippen LogP) is 0.991. The van der Waals surface area contributed by atoms with Crippen LogP contribution in [0, 0.1) is 0 Å². The number of carboxylic acid groups (broad SMARTS) is 1. The molecule has 20 heavy (non-hydrogen) atoms. The summed E-state index contributed by atoms with van der Waals surface area (Å²) < 4.78 is 0. The van der Waals surface area contributed by atoms with Crippen LogP contribution in [-0.2, 0) is 11.2 Å². The molecule has 7 nitrogen and oxygen atoms in total. The summed E-state index contributed by atoms with van der Waals surface area (Å²) in [5.74, 6) is -0.172. The molecule has 3 N–H and O–H groups in total. The monoisotopic (exact) mass is 280 g/mol. The molecular formula is C13H20N4O3. The number of nitrogens with one attached hydrogen (secondary N) is 2. The van der Waals surface area contributed by atoms with Gasteiger partial charge in [0.05, 0.1) is 0 Å². The highest BCUT2D eigenvalue weighted by atomic mass is 16.4. The van der Waals surface area contributed by atoms with E-state index in [0.717, 1.165) is 31.5 Å². The van der Waals surface area contributed by atoms with Crippen LogP contribution in [-0.4, -0.2) is 51.1 Å². The summed E-state index contributed by atoms with van der Waals surface area (Å²) in [5, 5.41) is 11.7. The molecule has 1 aromatic heterocycles. The Hall–Kier alpha value is -2.05. The van der Waals surface area contributed by atoms with Gasteiger partial charge in [0.1, 0.15) is 12.4 Å². The van der Waals surface area contributed by atoms with Gasteiger partial charge in [0, 0.05) is 31.4 Å². The lowest BCUT2D eigenvalue weighted by atomic mass is 10.2. The molecule has 0 aliphatic heterocycles. The van der Waals surface area contributed by atoms with E-state index in [1.54, 1.807) is 12.4 Å². The summed E-state index contributed by atoms with van der Waals surface area (Å²) in [6.07, 6.45) is 7.88. The fourth-order valence-corrected chi connectivity index (χ4v) is 2.55. The number of amides is 2. The Morgan fingerprint density at radius 1 is 1.45 bits per heavy atom. The Morgan fingerprint density at radius 2 is 2.20 bits per heavy atom. The van der Waals surface area contributed by atoms with Gasteiger partial charge in [-0.1, -0.05) is 12.8 Å². The Labute approximate surface area is 117 Å². The number of carboxylic acids is 1. The summed E-state index contributed by atoms with van der Waals surface area (Å²) in [6, 6.07) is -0.249. The normalized spacial score (nSPS) is 15.2. The van der Waals surface area contributed by atoms with Crippen LogP contribution in [0.4, 0.5) is 4.79 Å². The van der Waals surface area contributed by atoms with E-state index in [1.165, 1.54) is 4.90 Å². The van der Waals surface area contributed by atoms with E-state index in [9.17, 15) is 9.59 Å². The second-order valence-electron chi connectivity index (χ2n) is 4.98. The average Bonchev–Trinajstić information content (AvgIpc) is 3.08. The summed E-state index contributed by atoms with van der Waals surface area (Å²) in [5.41, 5.74) is 0. The Bertz CT molecular complexity index is 440. The SMILES string of the molecule is O=C(O)CN(C(=O)NCCc1ncc[nH]1)C1CCCC1. The molecule has 0 aromatic carbocycles. The quantitative estimate of drug-likeness (QED) is 0.723. The number of hydrogen-bond donors (Lipinski definition) is 3. The smallest absolute Gasteiger partial charge is 0.323 e. The lowest BCUT2D eigenvalue weighted by Crippen LogP contribution is -2.48. The number of imidazole rings is 1. The maximum Gasteiger partial charge on any atom is 0.323 e. The molecule has 1 heterocycles. The third-order valence-corrected chi connectivity index (χ3v) is 3.52. The average molecular weight is 280 g/mol. The molecule has 1 aliphatic carbocycles. The summed E-state index contributed by atoms with van der Waals surface area (Å²) in [4.78, 5) is 31.5. The molecule has 0 bridgehead atoms. The highest BCUT2D eigenvalue weighted by Crippen LogP contribution is 2.23. The molecule has 2 amide bonds. The minimum atomic E-state index is -0.974. The molecule has 0 saturated heterocycles. The van der Waals surface area contributed by atoms with Crippen LogP contribution in [0.15, 0.2) is 12.4 Å². The molecule has 0 radical (unpaired) electrons. The Kier molecular flexibility index (Phi) is 4.97. The lowest BCUT2D eigenvalue weighted by molar-refractivity contribution is -0.138. The largest absolute Gasteiger partial charge is 0.480 e. The van der Waals surface area contributed by atoms with Gasteiger partial charge in [-0.3, -0.25) is 4.79 Å². The molecule has 0 spiro atoms. The number of urea groups is 1. The topological polar surface area (TPSA) is 98.3 Å². The van der Waals surface area contributed by atoms with Crippen LogP contribution >= 0.6 is 0 Å². The molecular weight excluding hydrogens is 260 g/mol. The van der Waals surface area contributed by atoms with Gasteiger partial charge in [-0.15, -0.1) is 0 Å². The van der Waals surface area contributed by atoms with Crippen LogP contribution < -0.4 is 5.32 Å². The standard InChI is InChI=1S/C13H20N4O3/c18-12(19)9-17(10-3-1-2-4-10)13(20)16-6-5-11-14-7-8-15-11/h7-8,10H,1-6,9H2,(H,14,15)(H,16,20)(H,18,19). The lowest BCUT2D eigenvalue weighted by Gasteiger charge is -2.27. The Balaban J connectivity index is 1.83. The highest BCUT2D eigenvalue weighted by molar-refractivity contribution is 5.80. The number of rotatable bonds is 6. The van der Waals surface area contributed by atoms with Crippen LogP contribution in [0.3, 0.4) is 0 Å². The van der Waals surface area contributed by atoms with E-state index in [1.807, 2.05) is 0 Å². The van der Waals surface area contributed by atoms with Gasteiger partial charge in [0.15, 0.2) is 0 Å². The van der Waals surface area contributed by atoms with Gasteiger partial charge >= 0.3 is 12.0 Å². The molecule has 1 saturated carbocycles. The second-order valence-corrected chi connectivity index (χ2v) is 4.98. The summed E-state index contributed by atoms with van der Waals surface area (Å²) >= 11 is 0. The highest BCUT2D eigenvalue weighted by Gasteiger charge is 2.28. The van der Waals surface area contributed by atoms with E-state index < -0.39 is 5.97 Å². The zero-order valence-electron chi connectivity index (χ0n) is 11.3. The molecule has 1 aromatic rings. The third-order valence-electron chi connectivity index (χ3n) is 3.52. The first-order valence-corrected chi connectivity index (χ1v) is 6.91. The molecule has 1 fully saturated rings. The van der Waals surface area contributed by atoms with E-state index in [0.29, 0.717) is 13.0 Å². The van der Waals surface area contributed by atoms with Crippen LogP contribution in [0.25, 0.3) is 0 Å². The van der Waals surface area contributed by atoms with Crippen LogP contribution in [0.1, 0.15) is 31.5 Å². The molecule has 0 atom stereocenters. The van der Waals surface area contributed by atoms with Crippen LogP contribution in [0.5, 0.6) is 0 Å². The van der Waals surface area contributed by atoms with Crippen molar-refractivity contribution in [1.29, 1.82) is 0 Å². The van der Waals surface area contributed by atoms with Gasteiger partial charge in [-0.2, -0.15) is 0 Å².